The zero-order chi connectivity index (χ0) is 24.8. The summed E-state index contributed by atoms with van der Waals surface area (Å²) in [4.78, 5) is 8.03. The molecule has 1 aliphatic carbocycles. The average molecular weight is 498 g/mol. The lowest BCUT2D eigenvalue weighted by Crippen LogP contribution is -2.51. The number of hydrogen-bond donors (Lipinski definition) is 1. The summed E-state index contributed by atoms with van der Waals surface area (Å²) in [6.07, 6.45) is 4.87. The number of nitrogens with zero attached hydrogens (tertiary/aromatic N) is 2. The molecular weight excluding hydrogens is 463 g/mol. The van der Waals surface area contributed by atoms with Crippen LogP contribution in [0.3, 0.4) is 0 Å². The van der Waals surface area contributed by atoms with Crippen LogP contribution in [-0.2, 0) is 6.42 Å². The van der Waals surface area contributed by atoms with Gasteiger partial charge in [-0.3, -0.25) is 9.29 Å². The second-order valence-corrected chi connectivity index (χ2v) is 10.8. The fraction of sp³-hybridized carbons (Fsp3) is 0.517. The van der Waals surface area contributed by atoms with Crippen LogP contribution in [0.2, 0.25) is 0 Å². The van der Waals surface area contributed by atoms with Gasteiger partial charge in [-0.2, -0.15) is 0 Å². The standard InChI is InChI=1S/C29H34F3N3O/c1-18-12-23-22-8-2-3-9-26(22)33-28(23)29(35(18)20-6-4-7-20)27-24(31)13-21(14-25(27)32)36-11-5-10-34-16-19(15-30)17-34/h2-3,8-9,13-14,18-20,29,33H,4-7,10-12,15-17H2,1H3/t18-,29-/m1/s1. The number of aromatic amines is 1. The minimum atomic E-state index is -0.563. The van der Waals surface area contributed by atoms with Gasteiger partial charge in [0.1, 0.15) is 17.4 Å². The number of halogens is 3. The molecular formula is C29H34F3N3O. The number of aromatic nitrogens is 1. The van der Waals surface area contributed by atoms with E-state index in [2.05, 4.69) is 27.8 Å². The first kappa shape index (κ1) is 23.9. The maximum atomic E-state index is 15.7. The molecule has 2 aliphatic heterocycles. The minimum Gasteiger partial charge on any atom is -0.493 e. The first-order valence-electron chi connectivity index (χ1n) is 13.3. The lowest BCUT2D eigenvalue weighted by Gasteiger charge is -2.48. The van der Waals surface area contributed by atoms with E-state index in [0.717, 1.165) is 68.3 Å². The molecule has 7 heteroatoms. The molecule has 3 heterocycles. The highest BCUT2D eigenvalue weighted by atomic mass is 19.1. The average Bonchev–Trinajstić information content (AvgIpc) is 3.16. The highest BCUT2D eigenvalue weighted by Crippen LogP contribution is 2.46. The number of ether oxygens (including phenoxy) is 1. The number of H-pyrrole nitrogens is 1. The van der Waals surface area contributed by atoms with Crippen LogP contribution in [0.5, 0.6) is 5.75 Å². The summed E-state index contributed by atoms with van der Waals surface area (Å²) in [7, 11) is 0. The Morgan fingerprint density at radius 1 is 1.08 bits per heavy atom. The first-order valence-corrected chi connectivity index (χ1v) is 13.3. The number of likely N-dealkylation sites (tertiary alicyclic amines) is 1. The molecule has 1 saturated carbocycles. The number of alkyl halides is 1. The Kier molecular flexibility index (Phi) is 6.46. The lowest BCUT2D eigenvalue weighted by atomic mass is 9.82. The van der Waals surface area contributed by atoms with E-state index in [1.165, 1.54) is 17.7 Å². The van der Waals surface area contributed by atoms with Crippen molar-refractivity contribution in [3.8, 4) is 5.75 Å². The van der Waals surface area contributed by atoms with Gasteiger partial charge in [0.05, 0.1) is 19.3 Å². The van der Waals surface area contributed by atoms with Crippen LogP contribution in [0.25, 0.3) is 10.9 Å². The van der Waals surface area contributed by atoms with Crippen LogP contribution < -0.4 is 4.74 Å². The normalized spacial score (nSPS) is 23.4. The number of benzene rings is 2. The Hall–Kier alpha value is -2.51. The molecule has 1 aromatic heterocycles. The van der Waals surface area contributed by atoms with Gasteiger partial charge in [-0.15, -0.1) is 0 Å². The van der Waals surface area contributed by atoms with Gasteiger partial charge in [0.15, 0.2) is 0 Å². The monoisotopic (exact) mass is 497 g/mol. The van der Waals surface area contributed by atoms with Gasteiger partial charge in [-0.05, 0) is 44.2 Å². The molecule has 0 radical (unpaired) electrons. The predicted octanol–water partition coefficient (Wildman–Crippen LogP) is 6.00. The highest BCUT2D eigenvalue weighted by molar-refractivity contribution is 5.85. The Labute approximate surface area is 210 Å². The molecule has 3 aromatic rings. The summed E-state index contributed by atoms with van der Waals surface area (Å²) < 4.78 is 49.7. The second-order valence-electron chi connectivity index (χ2n) is 10.8. The molecule has 2 aromatic carbocycles. The number of para-hydroxylation sites is 1. The zero-order valence-electron chi connectivity index (χ0n) is 20.8. The van der Waals surface area contributed by atoms with Gasteiger partial charge in [0, 0.05) is 71.9 Å². The van der Waals surface area contributed by atoms with Crippen molar-refractivity contribution in [2.24, 2.45) is 5.92 Å². The fourth-order valence-electron chi connectivity index (χ4n) is 6.37. The molecule has 0 amide bonds. The molecule has 0 bridgehead atoms. The van der Waals surface area contributed by atoms with E-state index in [1.807, 2.05) is 18.2 Å². The quantitative estimate of drug-likeness (QED) is 0.387. The molecule has 1 N–H and O–H groups in total. The van der Waals surface area contributed by atoms with Crippen molar-refractivity contribution in [3.63, 3.8) is 0 Å². The molecule has 0 unspecified atom stereocenters. The summed E-state index contributed by atoms with van der Waals surface area (Å²) >= 11 is 0. The number of rotatable bonds is 8. The largest absolute Gasteiger partial charge is 0.493 e. The smallest absolute Gasteiger partial charge is 0.135 e. The van der Waals surface area contributed by atoms with Gasteiger partial charge in [-0.1, -0.05) is 24.6 Å². The molecule has 3 aliphatic rings. The Morgan fingerprint density at radius 3 is 2.53 bits per heavy atom. The van der Waals surface area contributed by atoms with Crippen LogP contribution in [-0.4, -0.2) is 59.8 Å². The van der Waals surface area contributed by atoms with Crippen LogP contribution in [0.15, 0.2) is 36.4 Å². The summed E-state index contributed by atoms with van der Waals surface area (Å²) in [5.41, 5.74) is 3.19. The first-order chi connectivity index (χ1) is 17.5. The molecule has 0 spiro atoms. The van der Waals surface area contributed by atoms with Gasteiger partial charge in [-0.25, -0.2) is 8.78 Å². The second kappa shape index (κ2) is 9.75. The number of hydrogen-bond acceptors (Lipinski definition) is 3. The number of fused-ring (bicyclic) bond motifs is 3. The lowest BCUT2D eigenvalue weighted by molar-refractivity contribution is 0.0434. The van der Waals surface area contributed by atoms with Crippen LogP contribution in [0.1, 0.15) is 55.5 Å². The zero-order valence-corrected chi connectivity index (χ0v) is 20.8. The van der Waals surface area contributed by atoms with E-state index in [4.69, 9.17) is 4.74 Å². The van der Waals surface area contributed by atoms with Crippen LogP contribution >= 0.6 is 0 Å². The fourth-order valence-corrected chi connectivity index (χ4v) is 6.37. The maximum absolute atomic E-state index is 15.7. The Bertz CT molecular complexity index is 1210. The molecule has 36 heavy (non-hydrogen) atoms. The Balaban J connectivity index is 1.26. The van der Waals surface area contributed by atoms with E-state index in [1.54, 1.807) is 0 Å². The Morgan fingerprint density at radius 2 is 1.83 bits per heavy atom. The molecule has 4 nitrogen and oxygen atoms in total. The van der Waals surface area contributed by atoms with Gasteiger partial charge in [0.25, 0.3) is 0 Å². The summed E-state index contributed by atoms with van der Waals surface area (Å²) in [6, 6.07) is 10.8. The number of nitrogens with one attached hydrogen (secondary N) is 1. The van der Waals surface area contributed by atoms with E-state index >= 15 is 8.78 Å². The van der Waals surface area contributed by atoms with Crippen molar-refractivity contribution in [2.45, 2.75) is 57.2 Å². The van der Waals surface area contributed by atoms with Gasteiger partial charge in [0.2, 0.25) is 0 Å². The summed E-state index contributed by atoms with van der Waals surface area (Å²) in [5, 5.41) is 1.14. The molecule has 6 rings (SSSR count). The van der Waals surface area contributed by atoms with E-state index < -0.39 is 17.7 Å². The van der Waals surface area contributed by atoms with E-state index in [-0.39, 0.29) is 29.9 Å². The van der Waals surface area contributed by atoms with Crippen LogP contribution in [0, 0.1) is 17.6 Å². The third-order valence-corrected chi connectivity index (χ3v) is 8.39. The van der Waals surface area contributed by atoms with Crippen molar-refractivity contribution in [1.29, 1.82) is 0 Å². The van der Waals surface area contributed by atoms with Crippen molar-refractivity contribution in [2.75, 3.05) is 32.9 Å². The maximum Gasteiger partial charge on any atom is 0.135 e. The van der Waals surface area contributed by atoms with Gasteiger partial charge >= 0.3 is 0 Å². The molecule has 192 valence electrons. The minimum absolute atomic E-state index is 0.103. The molecule has 1 saturated heterocycles. The van der Waals surface area contributed by atoms with Crippen molar-refractivity contribution >= 4 is 10.9 Å². The third-order valence-electron chi connectivity index (χ3n) is 8.39. The molecule has 2 atom stereocenters. The van der Waals surface area contributed by atoms with Crippen LogP contribution in [0.4, 0.5) is 13.2 Å². The highest BCUT2D eigenvalue weighted by Gasteiger charge is 2.43. The topological polar surface area (TPSA) is 31.5 Å². The van der Waals surface area contributed by atoms with E-state index in [9.17, 15) is 4.39 Å². The van der Waals surface area contributed by atoms with Crippen molar-refractivity contribution in [1.82, 2.24) is 14.8 Å². The summed E-state index contributed by atoms with van der Waals surface area (Å²) in [6.45, 7) is 4.64. The van der Waals surface area contributed by atoms with Crippen molar-refractivity contribution in [3.05, 3.63) is 64.9 Å². The van der Waals surface area contributed by atoms with Crippen molar-refractivity contribution < 1.29 is 17.9 Å². The SMILES string of the molecule is C[C@@H]1Cc2c([nH]c3ccccc23)[C@@H](c2c(F)cc(OCCCN3CC(CF)C3)cc2F)N1C1CCC1. The predicted molar refractivity (Wildman–Crippen MR) is 135 cm³/mol. The van der Waals surface area contributed by atoms with Gasteiger partial charge < -0.3 is 14.6 Å². The molecule has 2 fully saturated rings. The summed E-state index contributed by atoms with van der Waals surface area (Å²) in [5.74, 6) is -0.755. The third kappa shape index (κ3) is 4.20. The van der Waals surface area contributed by atoms with E-state index in [0.29, 0.717) is 12.6 Å².